The van der Waals surface area contributed by atoms with Crippen LogP contribution in [0.25, 0.3) is 11.4 Å². The Labute approximate surface area is 172 Å². The molecule has 0 aliphatic heterocycles. The summed E-state index contributed by atoms with van der Waals surface area (Å²) in [6.45, 7) is 4.54. The number of halogens is 2. The minimum atomic E-state index is -0.391. The molecule has 2 aromatic carbocycles. The number of hydrogen-bond donors (Lipinski definition) is 1. The number of nitrogens with zero attached hydrogens (tertiary/aromatic N) is 3. The molecule has 8 heteroatoms. The van der Waals surface area contributed by atoms with Crippen LogP contribution in [0.2, 0.25) is 10.0 Å². The summed E-state index contributed by atoms with van der Waals surface area (Å²) in [7, 11) is 0. The topological polar surface area (TPSA) is 59.8 Å². The van der Waals surface area contributed by atoms with E-state index in [0.29, 0.717) is 27.4 Å². The highest BCUT2D eigenvalue weighted by atomic mass is 35.5. The molecule has 1 atom stereocenters. The first-order chi connectivity index (χ1) is 13.0. The predicted octanol–water partition coefficient (Wildman–Crippen LogP) is 5.39. The Hall–Kier alpha value is -2.02. The van der Waals surface area contributed by atoms with Crippen molar-refractivity contribution < 1.29 is 4.79 Å². The van der Waals surface area contributed by atoms with Gasteiger partial charge in [-0.05, 0) is 32.0 Å². The number of carbonyl (C=O) groups is 1. The molecule has 1 N–H and O–H groups in total. The summed E-state index contributed by atoms with van der Waals surface area (Å²) in [5.41, 5.74) is 1.48. The van der Waals surface area contributed by atoms with Crippen molar-refractivity contribution in [3.05, 3.63) is 58.6 Å². The number of rotatable bonds is 6. The summed E-state index contributed by atoms with van der Waals surface area (Å²) in [5, 5.41) is 12.6. The van der Waals surface area contributed by atoms with Crippen molar-refractivity contribution in [2.24, 2.45) is 0 Å². The molecule has 0 aliphatic rings. The van der Waals surface area contributed by atoms with Gasteiger partial charge in [-0.15, -0.1) is 10.2 Å². The first-order valence-electron chi connectivity index (χ1n) is 8.40. The highest BCUT2D eigenvalue weighted by Crippen LogP contribution is 2.29. The second-order valence-electron chi connectivity index (χ2n) is 5.79. The van der Waals surface area contributed by atoms with Gasteiger partial charge in [0.2, 0.25) is 5.91 Å². The lowest BCUT2D eigenvalue weighted by Gasteiger charge is -2.13. The predicted molar refractivity (Wildman–Crippen MR) is 112 cm³/mol. The van der Waals surface area contributed by atoms with E-state index in [4.69, 9.17) is 23.2 Å². The molecule has 0 radical (unpaired) electrons. The van der Waals surface area contributed by atoms with Crippen LogP contribution in [0.5, 0.6) is 0 Å². The monoisotopic (exact) mass is 420 g/mol. The molecule has 3 aromatic rings. The van der Waals surface area contributed by atoms with E-state index >= 15 is 0 Å². The molecule has 0 aliphatic carbocycles. The van der Waals surface area contributed by atoms with Crippen molar-refractivity contribution in [2.45, 2.75) is 30.8 Å². The van der Waals surface area contributed by atoms with Crippen molar-refractivity contribution >= 4 is 46.6 Å². The molecule has 3 rings (SSSR count). The maximum absolute atomic E-state index is 12.6. The van der Waals surface area contributed by atoms with E-state index in [1.54, 1.807) is 18.2 Å². The van der Waals surface area contributed by atoms with Crippen LogP contribution in [0.4, 0.5) is 5.69 Å². The van der Waals surface area contributed by atoms with Gasteiger partial charge < -0.3 is 9.88 Å². The van der Waals surface area contributed by atoms with Gasteiger partial charge in [-0.1, -0.05) is 65.3 Å². The maximum Gasteiger partial charge on any atom is 0.237 e. The van der Waals surface area contributed by atoms with Gasteiger partial charge >= 0.3 is 0 Å². The quantitative estimate of drug-likeness (QED) is 0.542. The SMILES string of the molecule is CCn1c(SC(C)C(=O)Nc2cc(Cl)ccc2Cl)nnc1-c1ccccc1. The molecule has 27 heavy (non-hydrogen) atoms. The lowest BCUT2D eigenvalue weighted by molar-refractivity contribution is -0.115. The maximum atomic E-state index is 12.6. The van der Waals surface area contributed by atoms with E-state index in [1.165, 1.54) is 11.8 Å². The number of thioether (sulfide) groups is 1. The minimum absolute atomic E-state index is 0.184. The zero-order chi connectivity index (χ0) is 19.4. The smallest absolute Gasteiger partial charge is 0.237 e. The van der Waals surface area contributed by atoms with Crippen LogP contribution in [0.3, 0.4) is 0 Å². The van der Waals surface area contributed by atoms with Crippen LogP contribution >= 0.6 is 35.0 Å². The van der Waals surface area contributed by atoms with E-state index in [0.717, 1.165) is 11.4 Å². The van der Waals surface area contributed by atoms with E-state index in [-0.39, 0.29) is 5.91 Å². The first kappa shape index (κ1) is 19.7. The van der Waals surface area contributed by atoms with Crippen molar-refractivity contribution in [3.8, 4) is 11.4 Å². The third kappa shape index (κ3) is 4.64. The lowest BCUT2D eigenvalue weighted by atomic mass is 10.2. The summed E-state index contributed by atoms with van der Waals surface area (Å²) in [5.74, 6) is 0.599. The van der Waals surface area contributed by atoms with Crippen LogP contribution in [-0.2, 0) is 11.3 Å². The Morgan fingerprint density at radius 3 is 2.63 bits per heavy atom. The standard InChI is InChI=1S/C19H18Cl2N4OS/c1-3-25-17(13-7-5-4-6-8-13)23-24-19(25)27-12(2)18(26)22-16-11-14(20)9-10-15(16)21/h4-12H,3H2,1-2H3,(H,22,26). The van der Waals surface area contributed by atoms with E-state index in [9.17, 15) is 4.79 Å². The summed E-state index contributed by atoms with van der Waals surface area (Å²) < 4.78 is 2.00. The number of hydrogen-bond acceptors (Lipinski definition) is 4. The highest BCUT2D eigenvalue weighted by molar-refractivity contribution is 8.00. The molecule has 0 saturated carbocycles. The van der Waals surface area contributed by atoms with Crippen molar-refractivity contribution in [1.29, 1.82) is 0 Å². The Kier molecular flexibility index (Phi) is 6.42. The molecule has 1 unspecified atom stereocenters. The van der Waals surface area contributed by atoms with E-state index < -0.39 is 5.25 Å². The van der Waals surface area contributed by atoms with Crippen molar-refractivity contribution in [2.75, 3.05) is 5.32 Å². The summed E-state index contributed by atoms with van der Waals surface area (Å²) >= 11 is 13.4. The molecular weight excluding hydrogens is 403 g/mol. The van der Waals surface area contributed by atoms with Gasteiger partial charge in [0, 0.05) is 17.1 Å². The summed E-state index contributed by atoms with van der Waals surface area (Å²) in [4.78, 5) is 12.6. The zero-order valence-corrected chi connectivity index (χ0v) is 17.1. The molecular formula is C19H18Cl2N4OS. The van der Waals surface area contributed by atoms with Crippen LogP contribution in [0.1, 0.15) is 13.8 Å². The second-order valence-corrected chi connectivity index (χ2v) is 7.94. The number of nitrogens with one attached hydrogen (secondary N) is 1. The molecule has 0 bridgehead atoms. The van der Waals surface area contributed by atoms with Gasteiger partial charge in [0.05, 0.1) is 16.0 Å². The molecule has 0 spiro atoms. The number of aromatic nitrogens is 3. The van der Waals surface area contributed by atoms with Gasteiger partial charge in [-0.3, -0.25) is 4.79 Å². The fourth-order valence-corrected chi connectivity index (χ4v) is 3.75. The zero-order valence-electron chi connectivity index (χ0n) is 14.8. The number of anilines is 1. The Bertz CT molecular complexity index is 946. The lowest BCUT2D eigenvalue weighted by Crippen LogP contribution is -2.23. The van der Waals surface area contributed by atoms with E-state index in [1.807, 2.05) is 48.7 Å². The van der Waals surface area contributed by atoms with Crippen LogP contribution < -0.4 is 5.32 Å². The van der Waals surface area contributed by atoms with Crippen molar-refractivity contribution in [1.82, 2.24) is 14.8 Å². The summed E-state index contributed by atoms with van der Waals surface area (Å²) in [6, 6.07) is 14.8. The molecule has 1 heterocycles. The largest absolute Gasteiger partial charge is 0.324 e. The van der Waals surface area contributed by atoms with Crippen LogP contribution in [0.15, 0.2) is 53.7 Å². The average Bonchev–Trinajstić information content (AvgIpc) is 3.07. The minimum Gasteiger partial charge on any atom is -0.324 e. The van der Waals surface area contributed by atoms with Gasteiger partial charge in [0.15, 0.2) is 11.0 Å². The molecule has 1 amide bonds. The van der Waals surface area contributed by atoms with Crippen LogP contribution in [0, 0.1) is 0 Å². The summed E-state index contributed by atoms with van der Waals surface area (Å²) in [6.07, 6.45) is 0. The van der Waals surface area contributed by atoms with Gasteiger partial charge in [0.25, 0.3) is 0 Å². The number of amides is 1. The fourth-order valence-electron chi connectivity index (χ4n) is 2.50. The molecule has 0 saturated heterocycles. The van der Waals surface area contributed by atoms with Gasteiger partial charge in [-0.2, -0.15) is 0 Å². The number of carbonyl (C=O) groups excluding carboxylic acids is 1. The van der Waals surface area contributed by atoms with E-state index in [2.05, 4.69) is 15.5 Å². The van der Waals surface area contributed by atoms with Crippen molar-refractivity contribution in [3.63, 3.8) is 0 Å². The second kappa shape index (κ2) is 8.78. The Morgan fingerprint density at radius 2 is 1.93 bits per heavy atom. The molecule has 140 valence electrons. The van der Waals surface area contributed by atoms with Gasteiger partial charge in [-0.25, -0.2) is 0 Å². The third-order valence-electron chi connectivity index (χ3n) is 3.90. The normalized spacial score (nSPS) is 12.0. The molecule has 5 nitrogen and oxygen atoms in total. The van der Waals surface area contributed by atoms with Gasteiger partial charge in [0.1, 0.15) is 0 Å². The third-order valence-corrected chi connectivity index (χ3v) is 5.55. The molecule has 1 aromatic heterocycles. The molecule has 0 fully saturated rings. The highest BCUT2D eigenvalue weighted by Gasteiger charge is 2.21. The first-order valence-corrected chi connectivity index (χ1v) is 10.0. The van der Waals surface area contributed by atoms with Crippen LogP contribution in [-0.4, -0.2) is 25.9 Å². The Morgan fingerprint density at radius 1 is 1.19 bits per heavy atom. The fraction of sp³-hybridized carbons (Fsp3) is 0.211. The number of benzene rings is 2. The Balaban J connectivity index is 1.76. The average molecular weight is 421 g/mol.